The predicted octanol–water partition coefficient (Wildman–Crippen LogP) is 5.11. The van der Waals surface area contributed by atoms with Gasteiger partial charge in [-0.15, -0.1) is 0 Å². The van der Waals surface area contributed by atoms with Crippen LogP contribution >= 0.6 is 0 Å². The van der Waals surface area contributed by atoms with Gasteiger partial charge in [-0.3, -0.25) is 9.69 Å². The molecular formula is C28H27FN2O3. The van der Waals surface area contributed by atoms with Crippen molar-refractivity contribution >= 4 is 16.7 Å². The number of ether oxygens (including phenoxy) is 1. The highest BCUT2D eigenvalue weighted by Gasteiger charge is 2.19. The number of benzene rings is 3. The summed E-state index contributed by atoms with van der Waals surface area (Å²) in [4.78, 5) is 17.5. The monoisotopic (exact) mass is 458 g/mol. The van der Waals surface area contributed by atoms with Crippen molar-refractivity contribution in [3.05, 3.63) is 94.6 Å². The Kier molecular flexibility index (Phi) is 6.32. The van der Waals surface area contributed by atoms with E-state index in [2.05, 4.69) is 9.80 Å². The molecule has 6 heteroatoms. The molecule has 5 rings (SSSR count). The Morgan fingerprint density at radius 1 is 0.941 bits per heavy atom. The number of halogens is 1. The lowest BCUT2D eigenvalue weighted by molar-refractivity contribution is 0.200. The van der Waals surface area contributed by atoms with Gasteiger partial charge in [0.25, 0.3) is 0 Å². The number of fused-ring (bicyclic) bond motifs is 1. The van der Waals surface area contributed by atoms with Gasteiger partial charge in [-0.2, -0.15) is 0 Å². The molecule has 1 saturated heterocycles. The average molecular weight is 459 g/mol. The molecule has 1 aliphatic heterocycles. The van der Waals surface area contributed by atoms with Crippen molar-refractivity contribution < 1.29 is 13.5 Å². The number of para-hydroxylation sites is 1. The van der Waals surface area contributed by atoms with E-state index in [1.807, 2.05) is 55.5 Å². The van der Waals surface area contributed by atoms with Crippen molar-refractivity contribution in [3.63, 3.8) is 0 Å². The van der Waals surface area contributed by atoms with Crippen LogP contribution in [0.25, 0.3) is 22.1 Å². The zero-order valence-electron chi connectivity index (χ0n) is 19.2. The number of hydrogen-bond acceptors (Lipinski definition) is 5. The molecule has 0 amide bonds. The van der Waals surface area contributed by atoms with Crippen LogP contribution in [-0.4, -0.2) is 44.2 Å². The third kappa shape index (κ3) is 4.54. The first-order valence-electron chi connectivity index (χ1n) is 11.6. The quantitative estimate of drug-likeness (QED) is 0.402. The van der Waals surface area contributed by atoms with Gasteiger partial charge in [0.15, 0.2) is 0 Å². The lowest BCUT2D eigenvalue weighted by atomic mass is 10.0. The molecule has 34 heavy (non-hydrogen) atoms. The standard InChI is InChI=1S/C28H27FN2O3/c1-20-27(21-7-3-2-4-8-21)28(32)23-12-11-22(19-26(23)34-20)33-18-17-30-13-15-31(16-14-30)25-10-6-5-9-24(25)29/h2-12,19H,13-18H2,1H3. The van der Waals surface area contributed by atoms with Crippen LogP contribution in [0.5, 0.6) is 5.75 Å². The molecule has 174 valence electrons. The fourth-order valence-corrected chi connectivity index (χ4v) is 4.53. The summed E-state index contributed by atoms with van der Waals surface area (Å²) in [5.74, 6) is 1.09. The maximum Gasteiger partial charge on any atom is 0.200 e. The molecule has 5 nitrogen and oxygen atoms in total. The van der Waals surface area contributed by atoms with Gasteiger partial charge in [-0.25, -0.2) is 4.39 Å². The Labute approximate surface area is 198 Å². The van der Waals surface area contributed by atoms with E-state index < -0.39 is 0 Å². The number of rotatable bonds is 6. The SMILES string of the molecule is Cc1oc2cc(OCCN3CCN(c4ccccc4F)CC3)ccc2c(=O)c1-c1ccccc1. The second-order valence-corrected chi connectivity index (χ2v) is 8.51. The molecule has 1 aromatic heterocycles. The molecule has 0 radical (unpaired) electrons. The molecule has 0 aliphatic carbocycles. The molecule has 0 bridgehead atoms. The van der Waals surface area contributed by atoms with Gasteiger partial charge in [0.05, 0.1) is 16.6 Å². The van der Waals surface area contributed by atoms with E-state index in [4.69, 9.17) is 9.15 Å². The van der Waals surface area contributed by atoms with Crippen LogP contribution in [0.3, 0.4) is 0 Å². The summed E-state index contributed by atoms with van der Waals surface area (Å²) in [7, 11) is 0. The van der Waals surface area contributed by atoms with E-state index in [1.165, 1.54) is 6.07 Å². The first kappa shape index (κ1) is 22.2. The fraction of sp³-hybridized carbons (Fsp3) is 0.250. The zero-order valence-corrected chi connectivity index (χ0v) is 19.2. The zero-order chi connectivity index (χ0) is 23.5. The topological polar surface area (TPSA) is 45.9 Å². The van der Waals surface area contributed by atoms with E-state index in [9.17, 15) is 9.18 Å². The third-order valence-corrected chi connectivity index (χ3v) is 6.34. The molecule has 1 aliphatic rings. The van der Waals surface area contributed by atoms with E-state index in [0.717, 1.165) is 38.3 Å². The van der Waals surface area contributed by atoms with Gasteiger partial charge < -0.3 is 14.1 Å². The van der Waals surface area contributed by atoms with Crippen LogP contribution in [0.15, 0.2) is 82.0 Å². The lowest BCUT2D eigenvalue weighted by Crippen LogP contribution is -2.47. The third-order valence-electron chi connectivity index (χ3n) is 6.34. The smallest absolute Gasteiger partial charge is 0.200 e. The Morgan fingerprint density at radius 3 is 2.44 bits per heavy atom. The highest BCUT2D eigenvalue weighted by atomic mass is 19.1. The van der Waals surface area contributed by atoms with Gasteiger partial charge in [0.2, 0.25) is 5.43 Å². The molecule has 0 N–H and O–H groups in total. The van der Waals surface area contributed by atoms with Crippen LogP contribution in [0, 0.1) is 12.7 Å². The van der Waals surface area contributed by atoms with Crippen molar-refractivity contribution in [3.8, 4) is 16.9 Å². The lowest BCUT2D eigenvalue weighted by Gasteiger charge is -2.36. The van der Waals surface area contributed by atoms with E-state index in [0.29, 0.717) is 40.3 Å². The Hall–Kier alpha value is -3.64. The second-order valence-electron chi connectivity index (χ2n) is 8.51. The highest BCUT2D eigenvalue weighted by molar-refractivity contribution is 5.83. The molecule has 0 spiro atoms. The number of hydrogen-bond donors (Lipinski definition) is 0. The second kappa shape index (κ2) is 9.69. The minimum atomic E-state index is -0.173. The predicted molar refractivity (Wildman–Crippen MR) is 133 cm³/mol. The fourth-order valence-electron chi connectivity index (χ4n) is 4.53. The van der Waals surface area contributed by atoms with E-state index in [1.54, 1.807) is 18.2 Å². The van der Waals surface area contributed by atoms with Gasteiger partial charge in [0.1, 0.15) is 29.5 Å². The van der Waals surface area contributed by atoms with Crippen molar-refractivity contribution in [2.45, 2.75) is 6.92 Å². The summed E-state index contributed by atoms with van der Waals surface area (Å²) in [6.07, 6.45) is 0. The van der Waals surface area contributed by atoms with Gasteiger partial charge in [0, 0.05) is 38.8 Å². The number of piperazine rings is 1. The maximum absolute atomic E-state index is 14.0. The molecule has 0 saturated carbocycles. The molecule has 1 fully saturated rings. The molecule has 3 aromatic carbocycles. The number of nitrogens with zero attached hydrogens (tertiary/aromatic N) is 2. The van der Waals surface area contributed by atoms with E-state index >= 15 is 0 Å². The summed E-state index contributed by atoms with van der Waals surface area (Å²) >= 11 is 0. The Bertz CT molecular complexity index is 1350. The molecule has 4 aromatic rings. The van der Waals surface area contributed by atoms with Crippen LogP contribution < -0.4 is 15.1 Å². The highest BCUT2D eigenvalue weighted by Crippen LogP contribution is 2.26. The molecular weight excluding hydrogens is 431 g/mol. The van der Waals surface area contributed by atoms with Crippen molar-refractivity contribution in [2.24, 2.45) is 0 Å². The first-order chi connectivity index (χ1) is 16.6. The summed E-state index contributed by atoms with van der Waals surface area (Å²) < 4.78 is 26.0. The van der Waals surface area contributed by atoms with Gasteiger partial charge >= 0.3 is 0 Å². The van der Waals surface area contributed by atoms with Gasteiger partial charge in [-0.05, 0) is 36.8 Å². The number of aryl methyl sites for hydroxylation is 1. The molecule has 0 unspecified atom stereocenters. The maximum atomic E-state index is 14.0. The minimum Gasteiger partial charge on any atom is -0.492 e. The Balaban J connectivity index is 1.21. The van der Waals surface area contributed by atoms with E-state index in [-0.39, 0.29) is 11.2 Å². The molecule has 2 heterocycles. The van der Waals surface area contributed by atoms with Crippen molar-refractivity contribution in [1.29, 1.82) is 0 Å². The average Bonchev–Trinajstić information content (AvgIpc) is 2.85. The van der Waals surface area contributed by atoms with Crippen LogP contribution in [-0.2, 0) is 0 Å². The summed E-state index contributed by atoms with van der Waals surface area (Å²) in [5, 5.41) is 0.543. The summed E-state index contributed by atoms with van der Waals surface area (Å²) in [6.45, 7) is 6.39. The van der Waals surface area contributed by atoms with Crippen molar-refractivity contribution in [2.75, 3.05) is 44.2 Å². The first-order valence-corrected chi connectivity index (χ1v) is 11.6. The Morgan fingerprint density at radius 2 is 1.68 bits per heavy atom. The van der Waals surface area contributed by atoms with Crippen molar-refractivity contribution in [1.82, 2.24) is 4.90 Å². The summed E-state index contributed by atoms with van der Waals surface area (Å²) in [5.41, 5.74) is 2.60. The molecule has 0 atom stereocenters. The van der Waals surface area contributed by atoms with Gasteiger partial charge in [-0.1, -0.05) is 42.5 Å². The largest absolute Gasteiger partial charge is 0.492 e. The number of anilines is 1. The minimum absolute atomic E-state index is 0.0378. The van der Waals surface area contributed by atoms with Crippen LogP contribution in [0.4, 0.5) is 10.1 Å². The van der Waals surface area contributed by atoms with Crippen LogP contribution in [0.1, 0.15) is 5.76 Å². The normalized spacial score (nSPS) is 14.5. The van der Waals surface area contributed by atoms with Crippen LogP contribution in [0.2, 0.25) is 0 Å². The summed E-state index contributed by atoms with van der Waals surface area (Å²) in [6, 6.07) is 21.9.